The van der Waals surface area contributed by atoms with Gasteiger partial charge in [0.1, 0.15) is 11.5 Å². The zero-order valence-electron chi connectivity index (χ0n) is 17.1. The smallest absolute Gasteiger partial charge is 0.270 e. The number of pyridine rings is 1. The zero-order valence-corrected chi connectivity index (χ0v) is 17.8. The molecule has 0 bridgehead atoms. The molecule has 3 heterocycles. The van der Waals surface area contributed by atoms with Gasteiger partial charge in [0.05, 0.1) is 16.1 Å². The van der Waals surface area contributed by atoms with Gasteiger partial charge in [0, 0.05) is 37.0 Å². The van der Waals surface area contributed by atoms with Crippen LogP contribution in [0.5, 0.6) is 0 Å². The van der Waals surface area contributed by atoms with Crippen LogP contribution in [-0.2, 0) is 0 Å². The number of carbonyl (C=O) groups excluding carboxylic acids is 1. The van der Waals surface area contributed by atoms with Crippen molar-refractivity contribution in [3.63, 3.8) is 0 Å². The molecule has 0 atom stereocenters. The Morgan fingerprint density at radius 2 is 1.77 bits per heavy atom. The highest BCUT2D eigenvalue weighted by Crippen LogP contribution is 2.27. The van der Waals surface area contributed by atoms with Crippen molar-refractivity contribution in [3.05, 3.63) is 70.4 Å². The van der Waals surface area contributed by atoms with Crippen molar-refractivity contribution in [3.8, 4) is 0 Å². The van der Waals surface area contributed by atoms with E-state index in [4.69, 9.17) is 16.6 Å². The molecular weight excluding hydrogens is 396 g/mol. The third-order valence-corrected chi connectivity index (χ3v) is 6.28. The van der Waals surface area contributed by atoms with Gasteiger partial charge in [-0.2, -0.15) is 0 Å². The number of benzene rings is 2. The maximum Gasteiger partial charge on any atom is 0.270 e. The van der Waals surface area contributed by atoms with Crippen molar-refractivity contribution < 1.29 is 4.79 Å². The van der Waals surface area contributed by atoms with Gasteiger partial charge in [-0.15, -0.1) is 0 Å². The second-order valence-corrected chi connectivity index (χ2v) is 8.34. The molecule has 0 aliphatic carbocycles. The van der Waals surface area contributed by atoms with Crippen LogP contribution in [0, 0.1) is 13.8 Å². The number of hydrogen-bond donors (Lipinski definition) is 1. The molecule has 1 N–H and O–H groups in total. The van der Waals surface area contributed by atoms with Gasteiger partial charge in [-0.1, -0.05) is 41.9 Å². The van der Waals surface area contributed by atoms with Crippen LogP contribution in [0.4, 0.5) is 5.82 Å². The van der Waals surface area contributed by atoms with Gasteiger partial charge in [0.15, 0.2) is 0 Å². The second-order valence-electron chi connectivity index (χ2n) is 7.93. The van der Waals surface area contributed by atoms with E-state index in [-0.39, 0.29) is 5.91 Å². The Hall–Kier alpha value is -3.05. The molecule has 152 valence electrons. The molecule has 0 saturated carbocycles. The number of aryl methyl sites for hydroxylation is 2. The molecule has 1 saturated heterocycles. The topological polar surface area (TPSA) is 52.2 Å². The highest BCUT2D eigenvalue weighted by Gasteiger charge is 2.24. The van der Waals surface area contributed by atoms with Gasteiger partial charge in [0.2, 0.25) is 0 Å². The van der Waals surface area contributed by atoms with E-state index in [0.717, 1.165) is 35.3 Å². The molecule has 0 unspecified atom stereocenters. The Morgan fingerprint density at radius 3 is 2.53 bits per heavy atom. The number of hydrogen-bond acceptors (Lipinski definition) is 3. The number of rotatable bonds is 2. The van der Waals surface area contributed by atoms with Crippen LogP contribution in [0.3, 0.4) is 0 Å². The molecule has 0 radical (unpaired) electrons. The average Bonchev–Trinajstić information content (AvgIpc) is 3.20. The summed E-state index contributed by atoms with van der Waals surface area (Å²) in [5, 5.41) is 2.78. The number of H-pyrrole nitrogens is 1. The number of para-hydroxylation sites is 2. The molecule has 2 aromatic heterocycles. The molecule has 30 heavy (non-hydrogen) atoms. The number of anilines is 1. The third kappa shape index (κ3) is 3.19. The molecule has 1 aliphatic rings. The van der Waals surface area contributed by atoms with Gasteiger partial charge in [-0.05, 0) is 43.2 Å². The van der Waals surface area contributed by atoms with Crippen LogP contribution < -0.4 is 4.90 Å². The van der Waals surface area contributed by atoms with Crippen LogP contribution in [0.25, 0.3) is 21.8 Å². The Morgan fingerprint density at radius 1 is 1.00 bits per heavy atom. The van der Waals surface area contributed by atoms with Crippen LogP contribution >= 0.6 is 11.6 Å². The van der Waals surface area contributed by atoms with Crippen molar-refractivity contribution in [1.82, 2.24) is 14.9 Å². The summed E-state index contributed by atoms with van der Waals surface area (Å²) < 4.78 is 0. The van der Waals surface area contributed by atoms with E-state index in [2.05, 4.69) is 48.0 Å². The lowest BCUT2D eigenvalue weighted by molar-refractivity contribution is 0.0741. The maximum absolute atomic E-state index is 13.0. The summed E-state index contributed by atoms with van der Waals surface area (Å²) in [5.41, 5.74) is 4.87. The van der Waals surface area contributed by atoms with E-state index in [1.165, 1.54) is 16.5 Å². The number of aromatic amines is 1. The average molecular weight is 419 g/mol. The minimum absolute atomic E-state index is 0.0143. The van der Waals surface area contributed by atoms with Crippen molar-refractivity contribution in [2.24, 2.45) is 0 Å². The monoisotopic (exact) mass is 418 g/mol. The van der Waals surface area contributed by atoms with Crippen molar-refractivity contribution in [2.75, 3.05) is 31.1 Å². The fourth-order valence-electron chi connectivity index (χ4n) is 4.25. The lowest BCUT2D eigenvalue weighted by atomic mass is 10.1. The van der Waals surface area contributed by atoms with E-state index in [1.54, 1.807) is 0 Å². The van der Waals surface area contributed by atoms with Crippen LogP contribution in [0.15, 0.2) is 48.5 Å². The van der Waals surface area contributed by atoms with E-state index in [9.17, 15) is 4.79 Å². The third-order valence-electron chi connectivity index (χ3n) is 5.96. The minimum Gasteiger partial charge on any atom is -0.353 e. The maximum atomic E-state index is 13.0. The molecule has 6 heteroatoms. The number of piperazine rings is 1. The highest BCUT2D eigenvalue weighted by atomic mass is 35.5. The summed E-state index contributed by atoms with van der Waals surface area (Å²) in [7, 11) is 0. The first-order valence-corrected chi connectivity index (χ1v) is 10.6. The quantitative estimate of drug-likeness (QED) is 0.501. The predicted octanol–water partition coefficient (Wildman–Crippen LogP) is 4.95. The number of amides is 1. The number of aromatic nitrogens is 2. The van der Waals surface area contributed by atoms with Gasteiger partial charge in [0.25, 0.3) is 5.91 Å². The van der Waals surface area contributed by atoms with E-state index in [0.29, 0.717) is 23.8 Å². The fraction of sp³-hybridized carbons (Fsp3) is 0.250. The highest BCUT2D eigenvalue weighted by molar-refractivity contribution is 6.35. The molecule has 5 rings (SSSR count). The van der Waals surface area contributed by atoms with Gasteiger partial charge in [-0.3, -0.25) is 4.79 Å². The van der Waals surface area contributed by atoms with E-state index in [1.807, 2.05) is 29.2 Å². The van der Waals surface area contributed by atoms with Gasteiger partial charge >= 0.3 is 0 Å². The van der Waals surface area contributed by atoms with Crippen LogP contribution in [0.1, 0.15) is 21.6 Å². The molecule has 5 nitrogen and oxygen atoms in total. The largest absolute Gasteiger partial charge is 0.353 e. The predicted molar refractivity (Wildman–Crippen MR) is 123 cm³/mol. The summed E-state index contributed by atoms with van der Waals surface area (Å²) >= 11 is 6.24. The summed E-state index contributed by atoms with van der Waals surface area (Å²) in [6, 6.07) is 16.0. The first-order valence-electron chi connectivity index (χ1n) is 10.2. The number of fused-ring (bicyclic) bond motifs is 2. The van der Waals surface area contributed by atoms with Crippen molar-refractivity contribution in [2.45, 2.75) is 13.8 Å². The number of nitrogens with one attached hydrogen (secondary N) is 1. The van der Waals surface area contributed by atoms with Crippen LogP contribution in [-0.4, -0.2) is 47.0 Å². The summed E-state index contributed by atoms with van der Waals surface area (Å²) in [6.45, 7) is 7.07. The van der Waals surface area contributed by atoms with Gasteiger partial charge < -0.3 is 14.8 Å². The minimum atomic E-state index is 0.0143. The lowest BCUT2D eigenvalue weighted by Crippen LogP contribution is -2.49. The summed E-state index contributed by atoms with van der Waals surface area (Å²) in [5.74, 6) is 0.999. The number of nitrogens with zero attached hydrogens (tertiary/aromatic N) is 3. The first kappa shape index (κ1) is 18.9. The number of halogens is 1. The molecule has 1 aliphatic heterocycles. The van der Waals surface area contributed by atoms with E-state index >= 15 is 0 Å². The molecule has 0 spiro atoms. The Kier molecular flexibility index (Phi) is 4.63. The van der Waals surface area contributed by atoms with E-state index < -0.39 is 0 Å². The zero-order chi connectivity index (χ0) is 20.8. The van der Waals surface area contributed by atoms with Crippen molar-refractivity contribution >= 4 is 45.1 Å². The SMILES string of the molecule is Cc1cc(N2CCN(C(=O)c3cc4cccc(Cl)c4[nH]3)CC2)nc2c(C)cccc12. The number of carbonyl (C=O) groups is 1. The molecular formula is C24H23ClN4O. The Bertz CT molecular complexity index is 1270. The standard InChI is InChI=1S/C24H23ClN4O/c1-15-5-3-7-18-16(2)13-21(27-22(15)18)28-9-11-29(12-10-28)24(30)20-14-17-6-4-8-19(25)23(17)26-20/h3-8,13-14,26H,9-12H2,1-2H3. The summed E-state index contributed by atoms with van der Waals surface area (Å²) in [6.07, 6.45) is 0. The Labute approximate surface area is 180 Å². The molecule has 1 amide bonds. The Balaban J connectivity index is 1.35. The molecule has 2 aromatic carbocycles. The van der Waals surface area contributed by atoms with Crippen molar-refractivity contribution in [1.29, 1.82) is 0 Å². The normalized spacial score (nSPS) is 14.6. The fourth-order valence-corrected chi connectivity index (χ4v) is 4.48. The lowest BCUT2D eigenvalue weighted by Gasteiger charge is -2.35. The summed E-state index contributed by atoms with van der Waals surface area (Å²) in [4.78, 5) is 25.3. The molecule has 1 fully saturated rings. The second kappa shape index (κ2) is 7.33. The molecule has 4 aromatic rings. The van der Waals surface area contributed by atoms with Gasteiger partial charge in [-0.25, -0.2) is 4.98 Å². The first-order chi connectivity index (χ1) is 14.5. The van der Waals surface area contributed by atoms with Crippen LogP contribution in [0.2, 0.25) is 5.02 Å².